The predicted molar refractivity (Wildman–Crippen MR) is 59.1 cm³/mol. The third kappa shape index (κ3) is 3.85. The van der Waals surface area contributed by atoms with Gasteiger partial charge in [-0.1, -0.05) is 0 Å². The van der Waals surface area contributed by atoms with Crippen molar-refractivity contribution in [3.63, 3.8) is 0 Å². The molecular formula is C11H18N2O2. The van der Waals surface area contributed by atoms with Gasteiger partial charge < -0.3 is 14.8 Å². The van der Waals surface area contributed by atoms with Crippen LogP contribution in [0.25, 0.3) is 0 Å². The van der Waals surface area contributed by atoms with Crippen LogP contribution in [0.15, 0.2) is 12.3 Å². The van der Waals surface area contributed by atoms with E-state index in [9.17, 15) is 0 Å². The van der Waals surface area contributed by atoms with Crippen molar-refractivity contribution in [1.82, 2.24) is 10.3 Å². The van der Waals surface area contributed by atoms with Crippen molar-refractivity contribution in [3.8, 4) is 5.75 Å². The third-order valence-electron chi connectivity index (χ3n) is 2.08. The number of methoxy groups -OCH3 is 1. The van der Waals surface area contributed by atoms with Crippen LogP contribution in [0.5, 0.6) is 5.75 Å². The lowest BCUT2D eigenvalue weighted by atomic mass is 10.2. The minimum Gasteiger partial charge on any atom is -0.495 e. The number of aromatic nitrogens is 1. The van der Waals surface area contributed by atoms with E-state index in [4.69, 9.17) is 9.47 Å². The number of ether oxygens (including phenoxy) is 2. The summed E-state index contributed by atoms with van der Waals surface area (Å²) in [7, 11) is 3.55. The molecule has 1 aromatic rings. The zero-order valence-electron chi connectivity index (χ0n) is 9.54. The predicted octanol–water partition coefficient (Wildman–Crippen LogP) is 1.13. The van der Waals surface area contributed by atoms with E-state index < -0.39 is 0 Å². The Kier molecular flexibility index (Phi) is 5.07. The van der Waals surface area contributed by atoms with E-state index in [-0.39, 0.29) is 0 Å². The number of nitrogens with one attached hydrogen (secondary N) is 1. The molecule has 1 N–H and O–H groups in total. The number of pyridine rings is 1. The van der Waals surface area contributed by atoms with E-state index >= 15 is 0 Å². The van der Waals surface area contributed by atoms with Crippen molar-refractivity contribution in [2.45, 2.75) is 13.5 Å². The molecule has 0 saturated heterocycles. The summed E-state index contributed by atoms with van der Waals surface area (Å²) < 4.78 is 10.6. The van der Waals surface area contributed by atoms with Gasteiger partial charge >= 0.3 is 0 Å². The SMILES string of the molecule is CNCCOCc1cnc(C)c(OC)c1. The summed E-state index contributed by atoms with van der Waals surface area (Å²) in [4.78, 5) is 4.23. The molecule has 0 bridgehead atoms. The Morgan fingerprint density at radius 1 is 1.47 bits per heavy atom. The van der Waals surface area contributed by atoms with Crippen LogP contribution in [0.4, 0.5) is 0 Å². The van der Waals surface area contributed by atoms with Gasteiger partial charge in [0, 0.05) is 12.7 Å². The lowest BCUT2D eigenvalue weighted by Gasteiger charge is -2.07. The standard InChI is InChI=1S/C11H18N2O2/c1-9-11(14-3)6-10(7-13-9)8-15-5-4-12-2/h6-7,12H,4-5,8H2,1-3H3. The first-order chi connectivity index (χ1) is 7.27. The minimum absolute atomic E-state index is 0.575. The summed E-state index contributed by atoms with van der Waals surface area (Å²) in [5, 5.41) is 3.02. The molecule has 0 atom stereocenters. The van der Waals surface area contributed by atoms with E-state index in [0.29, 0.717) is 13.2 Å². The van der Waals surface area contributed by atoms with E-state index in [0.717, 1.165) is 23.6 Å². The first-order valence-electron chi connectivity index (χ1n) is 4.99. The molecule has 84 valence electrons. The summed E-state index contributed by atoms with van der Waals surface area (Å²) in [5.41, 5.74) is 1.94. The van der Waals surface area contributed by atoms with Crippen LogP contribution in [0, 0.1) is 6.92 Å². The van der Waals surface area contributed by atoms with Crippen LogP contribution in [-0.4, -0.2) is 32.3 Å². The highest BCUT2D eigenvalue weighted by Gasteiger charge is 2.01. The molecule has 4 nitrogen and oxygen atoms in total. The largest absolute Gasteiger partial charge is 0.495 e. The molecule has 1 heterocycles. The van der Waals surface area contributed by atoms with E-state index in [1.165, 1.54) is 0 Å². The van der Waals surface area contributed by atoms with E-state index in [1.54, 1.807) is 7.11 Å². The van der Waals surface area contributed by atoms with Gasteiger partial charge in [0.1, 0.15) is 5.75 Å². The van der Waals surface area contributed by atoms with Gasteiger partial charge in [-0.2, -0.15) is 0 Å². The van der Waals surface area contributed by atoms with Crippen molar-refractivity contribution in [2.75, 3.05) is 27.3 Å². The zero-order valence-corrected chi connectivity index (χ0v) is 9.54. The van der Waals surface area contributed by atoms with Gasteiger partial charge in [-0.15, -0.1) is 0 Å². The van der Waals surface area contributed by atoms with Crippen LogP contribution < -0.4 is 10.1 Å². The topological polar surface area (TPSA) is 43.4 Å². The fourth-order valence-electron chi connectivity index (χ4n) is 1.20. The van der Waals surface area contributed by atoms with Gasteiger partial charge in [0.05, 0.1) is 26.0 Å². The average Bonchev–Trinajstić information content (AvgIpc) is 2.26. The second kappa shape index (κ2) is 6.37. The Balaban J connectivity index is 2.47. The summed E-state index contributed by atoms with van der Waals surface area (Å²) in [6, 6.07) is 1.96. The van der Waals surface area contributed by atoms with Crippen molar-refractivity contribution in [3.05, 3.63) is 23.5 Å². The normalized spacial score (nSPS) is 10.3. The van der Waals surface area contributed by atoms with E-state index in [2.05, 4.69) is 10.3 Å². The highest BCUT2D eigenvalue weighted by Crippen LogP contribution is 2.16. The quantitative estimate of drug-likeness (QED) is 0.715. The third-order valence-corrected chi connectivity index (χ3v) is 2.08. The van der Waals surface area contributed by atoms with Gasteiger partial charge in [0.2, 0.25) is 0 Å². The maximum atomic E-state index is 5.44. The second-order valence-corrected chi connectivity index (χ2v) is 3.29. The lowest BCUT2D eigenvalue weighted by molar-refractivity contribution is 0.123. The van der Waals surface area contributed by atoms with Gasteiger partial charge in [0.15, 0.2) is 0 Å². The van der Waals surface area contributed by atoms with Crippen molar-refractivity contribution in [2.24, 2.45) is 0 Å². The Hall–Kier alpha value is -1.13. The van der Waals surface area contributed by atoms with Crippen molar-refractivity contribution in [1.29, 1.82) is 0 Å². The molecule has 0 aliphatic heterocycles. The van der Waals surface area contributed by atoms with Crippen LogP contribution in [0.3, 0.4) is 0 Å². The molecule has 1 aromatic heterocycles. The number of likely N-dealkylation sites (N-methyl/N-ethyl adjacent to an activating group) is 1. The molecule has 4 heteroatoms. The van der Waals surface area contributed by atoms with Gasteiger partial charge in [-0.25, -0.2) is 0 Å². The Labute approximate surface area is 90.6 Å². The molecule has 0 unspecified atom stereocenters. The summed E-state index contributed by atoms with van der Waals surface area (Å²) in [5.74, 6) is 0.810. The minimum atomic E-state index is 0.575. The zero-order chi connectivity index (χ0) is 11.1. The Bertz CT molecular complexity index is 303. The highest BCUT2D eigenvalue weighted by atomic mass is 16.5. The molecule has 0 spiro atoms. The monoisotopic (exact) mass is 210 g/mol. The fourth-order valence-corrected chi connectivity index (χ4v) is 1.20. The van der Waals surface area contributed by atoms with Crippen molar-refractivity contribution < 1.29 is 9.47 Å². The maximum absolute atomic E-state index is 5.44. The first-order valence-corrected chi connectivity index (χ1v) is 4.99. The van der Waals surface area contributed by atoms with E-state index in [1.807, 2.05) is 26.2 Å². The van der Waals surface area contributed by atoms with Crippen LogP contribution in [0.2, 0.25) is 0 Å². The smallest absolute Gasteiger partial charge is 0.140 e. The molecule has 1 rings (SSSR count). The fraction of sp³-hybridized carbons (Fsp3) is 0.545. The highest BCUT2D eigenvalue weighted by molar-refractivity contribution is 5.30. The molecule has 0 aliphatic carbocycles. The summed E-state index contributed by atoms with van der Waals surface area (Å²) in [6.45, 7) is 4.05. The second-order valence-electron chi connectivity index (χ2n) is 3.29. The van der Waals surface area contributed by atoms with Crippen LogP contribution >= 0.6 is 0 Å². The molecule has 0 aromatic carbocycles. The molecule has 15 heavy (non-hydrogen) atoms. The maximum Gasteiger partial charge on any atom is 0.140 e. The van der Waals surface area contributed by atoms with Crippen LogP contribution in [0.1, 0.15) is 11.3 Å². The molecular weight excluding hydrogens is 192 g/mol. The lowest BCUT2D eigenvalue weighted by Crippen LogP contribution is -2.14. The molecule has 0 fully saturated rings. The Morgan fingerprint density at radius 3 is 2.93 bits per heavy atom. The van der Waals surface area contributed by atoms with Crippen molar-refractivity contribution >= 4 is 0 Å². The molecule has 0 saturated carbocycles. The summed E-state index contributed by atoms with van der Waals surface area (Å²) in [6.07, 6.45) is 1.82. The molecule has 0 aliphatic rings. The number of hydrogen-bond acceptors (Lipinski definition) is 4. The van der Waals surface area contributed by atoms with Gasteiger partial charge in [0.25, 0.3) is 0 Å². The number of nitrogens with zero attached hydrogens (tertiary/aromatic N) is 1. The van der Waals surface area contributed by atoms with Crippen LogP contribution in [-0.2, 0) is 11.3 Å². The molecule has 0 amide bonds. The average molecular weight is 210 g/mol. The number of aryl methyl sites for hydroxylation is 1. The molecule has 0 radical (unpaired) electrons. The Morgan fingerprint density at radius 2 is 2.27 bits per heavy atom. The number of hydrogen-bond donors (Lipinski definition) is 1. The van der Waals surface area contributed by atoms with Gasteiger partial charge in [-0.3, -0.25) is 4.98 Å². The van der Waals surface area contributed by atoms with Gasteiger partial charge in [-0.05, 0) is 25.6 Å². The first kappa shape index (κ1) is 11.9. The number of rotatable bonds is 6. The summed E-state index contributed by atoms with van der Waals surface area (Å²) >= 11 is 0.